The largest absolute Gasteiger partial charge is 0.416 e. The van der Waals surface area contributed by atoms with Gasteiger partial charge < -0.3 is 20.1 Å². The van der Waals surface area contributed by atoms with Crippen LogP contribution < -0.4 is 15.5 Å². The molecule has 2 aromatic carbocycles. The summed E-state index contributed by atoms with van der Waals surface area (Å²) in [6.07, 6.45) is -2.73. The minimum Gasteiger partial charge on any atom is -0.364 e. The molecule has 0 amide bonds. The molecule has 2 N–H and O–H groups in total. The molecule has 0 radical (unpaired) electrons. The molecule has 1 atom stereocenters. The topological polar surface area (TPSA) is 58.0 Å². The highest BCUT2D eigenvalue weighted by atomic mass is 19.4. The summed E-state index contributed by atoms with van der Waals surface area (Å²) in [6.45, 7) is 5.24. The van der Waals surface area contributed by atoms with E-state index in [1.54, 1.807) is 12.3 Å². The van der Waals surface area contributed by atoms with E-state index in [1.807, 2.05) is 54.1 Å². The van der Waals surface area contributed by atoms with Crippen LogP contribution in [0.25, 0.3) is 22.5 Å². The predicted molar refractivity (Wildman–Crippen MR) is 140 cm³/mol. The molecule has 0 bridgehead atoms. The van der Waals surface area contributed by atoms with Crippen LogP contribution in [0.2, 0.25) is 0 Å². The number of benzene rings is 2. The Labute approximate surface area is 214 Å². The Morgan fingerprint density at radius 2 is 1.70 bits per heavy atom. The number of rotatable bonds is 6. The van der Waals surface area contributed by atoms with Gasteiger partial charge in [0, 0.05) is 56.6 Å². The van der Waals surface area contributed by atoms with Crippen molar-refractivity contribution in [2.24, 2.45) is 7.05 Å². The van der Waals surface area contributed by atoms with E-state index in [4.69, 9.17) is 4.98 Å². The lowest BCUT2D eigenvalue weighted by atomic mass is 10.0. The number of pyridine rings is 1. The fraction of sp³-hybridized carbons (Fsp3) is 0.286. The van der Waals surface area contributed by atoms with Crippen LogP contribution in [0.5, 0.6) is 0 Å². The molecule has 0 unspecified atom stereocenters. The monoisotopic (exact) mass is 506 g/mol. The van der Waals surface area contributed by atoms with Gasteiger partial charge in [0.2, 0.25) is 5.95 Å². The van der Waals surface area contributed by atoms with Gasteiger partial charge in [-0.1, -0.05) is 42.5 Å². The number of halogens is 3. The number of piperazine rings is 1. The first-order valence-corrected chi connectivity index (χ1v) is 12.3. The van der Waals surface area contributed by atoms with Gasteiger partial charge in [-0.25, -0.2) is 9.97 Å². The first-order valence-electron chi connectivity index (χ1n) is 12.3. The minimum atomic E-state index is -4.44. The second-order valence-corrected chi connectivity index (χ2v) is 9.19. The quantitative estimate of drug-likeness (QED) is 0.349. The summed E-state index contributed by atoms with van der Waals surface area (Å²) >= 11 is 0. The average Bonchev–Trinajstić information content (AvgIpc) is 3.26. The lowest BCUT2D eigenvalue weighted by Crippen LogP contribution is -2.44. The number of nitrogens with zero attached hydrogens (tertiary/aromatic N) is 4. The third-order valence-electron chi connectivity index (χ3n) is 6.63. The maximum atomic E-state index is 13.5. The molecule has 6 nitrogen and oxygen atoms in total. The van der Waals surface area contributed by atoms with Crippen molar-refractivity contribution in [3.05, 3.63) is 84.1 Å². The van der Waals surface area contributed by atoms with Crippen molar-refractivity contribution in [2.45, 2.75) is 19.1 Å². The van der Waals surface area contributed by atoms with Gasteiger partial charge in [-0.2, -0.15) is 13.2 Å². The number of anilines is 2. The summed E-state index contributed by atoms with van der Waals surface area (Å²) in [5, 5.41) is 6.77. The zero-order valence-electron chi connectivity index (χ0n) is 20.8. The maximum absolute atomic E-state index is 13.5. The van der Waals surface area contributed by atoms with Crippen molar-refractivity contribution in [1.82, 2.24) is 19.9 Å². The molecule has 1 aliphatic heterocycles. The number of imidazole rings is 1. The molecule has 5 rings (SSSR count). The van der Waals surface area contributed by atoms with Crippen LogP contribution in [-0.4, -0.2) is 40.7 Å². The average molecular weight is 507 g/mol. The molecule has 0 spiro atoms. The second kappa shape index (κ2) is 10.3. The molecule has 3 heterocycles. The van der Waals surface area contributed by atoms with E-state index in [1.165, 1.54) is 12.1 Å². The number of hydrogen-bond donors (Lipinski definition) is 2. The summed E-state index contributed by atoms with van der Waals surface area (Å²) in [4.78, 5) is 11.6. The number of aromatic nitrogens is 3. The van der Waals surface area contributed by atoms with E-state index in [0.717, 1.165) is 55.0 Å². The van der Waals surface area contributed by atoms with Gasteiger partial charge >= 0.3 is 6.18 Å². The van der Waals surface area contributed by atoms with Gasteiger partial charge in [0.15, 0.2) is 0 Å². The number of hydrogen-bond acceptors (Lipinski definition) is 5. The zero-order chi connectivity index (χ0) is 26.0. The number of nitrogens with one attached hydrogen (secondary N) is 2. The van der Waals surface area contributed by atoms with Crippen LogP contribution in [0.1, 0.15) is 24.1 Å². The SMILES string of the molecule is C[C@@H](Nc1cc(-c2c(-c3cccc(C(F)(F)F)c3)nc(N3CCNCC3)n2C)ccn1)c1ccccc1. The van der Waals surface area contributed by atoms with Gasteiger partial charge in [0.05, 0.1) is 17.0 Å². The van der Waals surface area contributed by atoms with Crippen LogP contribution in [0.15, 0.2) is 72.9 Å². The highest BCUT2D eigenvalue weighted by molar-refractivity contribution is 5.82. The first-order chi connectivity index (χ1) is 17.8. The normalized spacial score (nSPS) is 15.0. The summed E-state index contributed by atoms with van der Waals surface area (Å²) in [7, 11) is 1.91. The van der Waals surface area contributed by atoms with Crippen molar-refractivity contribution < 1.29 is 13.2 Å². The molecule has 9 heteroatoms. The van der Waals surface area contributed by atoms with Gasteiger partial charge in [-0.15, -0.1) is 0 Å². The van der Waals surface area contributed by atoms with E-state index in [0.29, 0.717) is 17.1 Å². The molecule has 1 saturated heterocycles. The smallest absolute Gasteiger partial charge is 0.364 e. The van der Waals surface area contributed by atoms with E-state index in [-0.39, 0.29) is 6.04 Å². The Balaban J connectivity index is 1.58. The fourth-order valence-electron chi connectivity index (χ4n) is 4.71. The van der Waals surface area contributed by atoms with Gasteiger partial charge in [-0.05, 0) is 36.8 Å². The second-order valence-electron chi connectivity index (χ2n) is 9.19. The molecular formula is C28H29F3N6. The Kier molecular flexibility index (Phi) is 6.88. The molecular weight excluding hydrogens is 477 g/mol. The highest BCUT2D eigenvalue weighted by Gasteiger charge is 2.31. The van der Waals surface area contributed by atoms with Crippen molar-refractivity contribution >= 4 is 11.8 Å². The lowest BCUT2D eigenvalue weighted by molar-refractivity contribution is -0.137. The van der Waals surface area contributed by atoms with Crippen LogP contribution in [-0.2, 0) is 13.2 Å². The lowest BCUT2D eigenvalue weighted by Gasteiger charge is -2.28. The fourth-order valence-corrected chi connectivity index (χ4v) is 4.71. The van der Waals surface area contributed by atoms with Crippen molar-refractivity contribution in [2.75, 3.05) is 36.4 Å². The predicted octanol–water partition coefficient (Wildman–Crippen LogP) is 5.75. The minimum absolute atomic E-state index is 0.0230. The molecule has 37 heavy (non-hydrogen) atoms. The van der Waals surface area contributed by atoms with Gasteiger partial charge in [0.25, 0.3) is 0 Å². The van der Waals surface area contributed by atoms with Crippen LogP contribution in [0.4, 0.5) is 24.9 Å². The van der Waals surface area contributed by atoms with E-state index in [9.17, 15) is 13.2 Å². The van der Waals surface area contributed by atoms with Crippen molar-refractivity contribution in [3.8, 4) is 22.5 Å². The van der Waals surface area contributed by atoms with Crippen LogP contribution >= 0.6 is 0 Å². The molecule has 2 aromatic heterocycles. The Morgan fingerprint density at radius 3 is 2.43 bits per heavy atom. The third kappa shape index (κ3) is 5.32. The van der Waals surface area contributed by atoms with Crippen LogP contribution in [0.3, 0.4) is 0 Å². The summed E-state index contributed by atoms with van der Waals surface area (Å²) in [6, 6.07) is 19.2. The van der Waals surface area contributed by atoms with Crippen molar-refractivity contribution in [1.29, 1.82) is 0 Å². The third-order valence-corrected chi connectivity index (χ3v) is 6.63. The molecule has 192 valence electrons. The van der Waals surface area contributed by atoms with Crippen LogP contribution in [0, 0.1) is 0 Å². The molecule has 0 aliphatic carbocycles. The Bertz CT molecular complexity index is 1360. The Morgan fingerprint density at radius 1 is 0.946 bits per heavy atom. The molecule has 0 saturated carbocycles. The standard InChI is InChI=1S/C28H29F3N6/c1-19(20-7-4-3-5-8-20)34-24-18-22(11-12-33-24)26-25(21-9-6-10-23(17-21)28(29,30)31)35-27(36(26)2)37-15-13-32-14-16-37/h3-12,17-19,32H,13-16H2,1-2H3,(H,33,34)/t19-/m1/s1. The Hall–Kier alpha value is -3.85. The zero-order valence-corrected chi connectivity index (χ0v) is 20.8. The summed E-state index contributed by atoms with van der Waals surface area (Å²) < 4.78 is 42.6. The van der Waals surface area contributed by atoms with Gasteiger partial charge in [-0.3, -0.25) is 0 Å². The number of alkyl halides is 3. The molecule has 4 aromatic rings. The molecule has 1 fully saturated rings. The summed E-state index contributed by atoms with van der Waals surface area (Å²) in [5.74, 6) is 1.40. The van der Waals surface area contributed by atoms with Gasteiger partial charge in [0.1, 0.15) is 5.82 Å². The van der Waals surface area contributed by atoms with E-state index < -0.39 is 11.7 Å². The van der Waals surface area contributed by atoms with E-state index >= 15 is 0 Å². The van der Waals surface area contributed by atoms with E-state index in [2.05, 4.69) is 27.4 Å². The summed E-state index contributed by atoms with van der Waals surface area (Å²) in [5.41, 5.74) is 2.92. The highest BCUT2D eigenvalue weighted by Crippen LogP contribution is 2.38. The van der Waals surface area contributed by atoms with Crippen molar-refractivity contribution in [3.63, 3.8) is 0 Å². The first kappa shape index (κ1) is 24.8. The maximum Gasteiger partial charge on any atom is 0.416 e. The molecule has 1 aliphatic rings.